The fourth-order valence-corrected chi connectivity index (χ4v) is 2.52. The highest BCUT2D eigenvalue weighted by Crippen LogP contribution is 2.36. The maximum atomic E-state index is 11.4. The molecule has 0 aromatic carbocycles. The van der Waals surface area contributed by atoms with E-state index < -0.39 is 0 Å². The first-order valence-electron chi connectivity index (χ1n) is 4.84. The zero-order chi connectivity index (χ0) is 8.55. The molecule has 0 N–H and O–H groups in total. The lowest BCUT2D eigenvalue weighted by molar-refractivity contribution is -0.139. The van der Waals surface area contributed by atoms with Crippen molar-refractivity contribution in [3.63, 3.8) is 0 Å². The Morgan fingerprint density at radius 3 is 1.67 bits per heavy atom. The number of carbonyl (C=O) groups excluding carboxylic acids is 2. The van der Waals surface area contributed by atoms with Gasteiger partial charge in [0, 0.05) is 24.7 Å². The minimum Gasteiger partial charge on any atom is -0.299 e. The Morgan fingerprint density at radius 2 is 1.25 bits per heavy atom. The van der Waals surface area contributed by atoms with Crippen LogP contribution in [-0.4, -0.2) is 11.6 Å². The van der Waals surface area contributed by atoms with Crippen molar-refractivity contribution in [1.29, 1.82) is 0 Å². The molecule has 2 aliphatic carbocycles. The second kappa shape index (κ2) is 3.00. The maximum Gasteiger partial charge on any atom is 0.137 e. The summed E-state index contributed by atoms with van der Waals surface area (Å²) in [5, 5.41) is 0. The van der Waals surface area contributed by atoms with E-state index in [2.05, 4.69) is 0 Å². The van der Waals surface area contributed by atoms with Gasteiger partial charge < -0.3 is 0 Å². The van der Waals surface area contributed by atoms with Gasteiger partial charge in [-0.15, -0.1) is 0 Å². The highest BCUT2D eigenvalue weighted by molar-refractivity contribution is 5.96. The van der Waals surface area contributed by atoms with Crippen LogP contribution in [0, 0.1) is 11.8 Å². The van der Waals surface area contributed by atoms with Crippen molar-refractivity contribution in [2.45, 2.75) is 38.5 Å². The van der Waals surface area contributed by atoms with Crippen molar-refractivity contribution >= 4 is 11.6 Å². The predicted octanol–water partition coefficient (Wildman–Crippen LogP) is 1.72. The van der Waals surface area contributed by atoms with E-state index in [1.807, 2.05) is 0 Å². The highest BCUT2D eigenvalue weighted by atomic mass is 16.1. The number of hydrogen-bond acceptors (Lipinski definition) is 2. The molecule has 0 bridgehead atoms. The van der Waals surface area contributed by atoms with Gasteiger partial charge in [-0.3, -0.25) is 9.59 Å². The molecule has 0 amide bonds. The lowest BCUT2D eigenvalue weighted by Gasteiger charge is -2.32. The van der Waals surface area contributed by atoms with E-state index >= 15 is 0 Å². The number of fused-ring (bicyclic) bond motifs is 1. The van der Waals surface area contributed by atoms with Crippen LogP contribution in [0.1, 0.15) is 38.5 Å². The minimum absolute atomic E-state index is 0.111. The zero-order valence-corrected chi connectivity index (χ0v) is 7.21. The number of carbonyl (C=O) groups is 2. The number of Topliss-reactive ketones (excluding diaryl/α,β-unsaturated/α-hetero) is 2. The smallest absolute Gasteiger partial charge is 0.137 e. The second-order valence-corrected chi connectivity index (χ2v) is 3.93. The molecule has 0 heterocycles. The Morgan fingerprint density at radius 1 is 0.833 bits per heavy atom. The average Bonchev–Trinajstić information content (AvgIpc) is 2.12. The molecule has 2 heteroatoms. The Balaban J connectivity index is 2.16. The van der Waals surface area contributed by atoms with E-state index in [9.17, 15) is 9.59 Å². The molecule has 2 fully saturated rings. The van der Waals surface area contributed by atoms with Crippen LogP contribution < -0.4 is 0 Å². The SMILES string of the molecule is O=C1CCC(=O)[C@@H]2CCCC[C@@H]12. The van der Waals surface area contributed by atoms with Gasteiger partial charge in [0.05, 0.1) is 0 Å². The molecule has 2 aliphatic rings. The molecule has 0 aliphatic heterocycles. The van der Waals surface area contributed by atoms with Gasteiger partial charge in [-0.2, -0.15) is 0 Å². The molecule has 2 atom stereocenters. The van der Waals surface area contributed by atoms with Gasteiger partial charge in [0.15, 0.2) is 0 Å². The van der Waals surface area contributed by atoms with Crippen LogP contribution >= 0.6 is 0 Å². The average molecular weight is 166 g/mol. The molecule has 0 spiro atoms. The van der Waals surface area contributed by atoms with Gasteiger partial charge >= 0.3 is 0 Å². The summed E-state index contributed by atoms with van der Waals surface area (Å²) in [6, 6.07) is 0. The monoisotopic (exact) mass is 166 g/mol. The van der Waals surface area contributed by atoms with Crippen molar-refractivity contribution in [1.82, 2.24) is 0 Å². The van der Waals surface area contributed by atoms with E-state index in [4.69, 9.17) is 0 Å². The molecule has 12 heavy (non-hydrogen) atoms. The summed E-state index contributed by atoms with van der Waals surface area (Å²) in [4.78, 5) is 22.8. The number of hydrogen-bond donors (Lipinski definition) is 0. The molecule has 2 rings (SSSR count). The Kier molecular flexibility index (Phi) is 1.99. The van der Waals surface area contributed by atoms with Gasteiger partial charge in [-0.25, -0.2) is 0 Å². The van der Waals surface area contributed by atoms with Crippen LogP contribution in [0.3, 0.4) is 0 Å². The normalized spacial score (nSPS) is 36.3. The molecule has 0 unspecified atom stereocenters. The summed E-state index contributed by atoms with van der Waals surface area (Å²) >= 11 is 0. The van der Waals surface area contributed by atoms with Crippen molar-refractivity contribution in [2.75, 3.05) is 0 Å². The summed E-state index contributed by atoms with van der Waals surface area (Å²) in [6.45, 7) is 0. The largest absolute Gasteiger partial charge is 0.299 e. The topological polar surface area (TPSA) is 34.1 Å². The van der Waals surface area contributed by atoms with E-state index in [1.165, 1.54) is 0 Å². The van der Waals surface area contributed by atoms with Crippen molar-refractivity contribution in [3.8, 4) is 0 Å². The Hall–Kier alpha value is -0.660. The van der Waals surface area contributed by atoms with Crippen LogP contribution in [0.2, 0.25) is 0 Å². The van der Waals surface area contributed by atoms with Crippen molar-refractivity contribution < 1.29 is 9.59 Å². The van der Waals surface area contributed by atoms with Crippen LogP contribution in [0.4, 0.5) is 0 Å². The number of ketones is 2. The maximum absolute atomic E-state index is 11.4. The predicted molar refractivity (Wildman–Crippen MR) is 44.7 cm³/mol. The van der Waals surface area contributed by atoms with Gasteiger partial charge in [0.1, 0.15) is 11.6 Å². The zero-order valence-electron chi connectivity index (χ0n) is 7.21. The minimum atomic E-state index is 0.111. The molecule has 0 aromatic rings. The quantitative estimate of drug-likeness (QED) is 0.549. The fourth-order valence-electron chi connectivity index (χ4n) is 2.52. The van der Waals surface area contributed by atoms with E-state index in [-0.39, 0.29) is 11.8 Å². The summed E-state index contributed by atoms with van der Waals surface area (Å²) in [6.07, 6.45) is 5.24. The van der Waals surface area contributed by atoms with Gasteiger partial charge in [-0.1, -0.05) is 12.8 Å². The molecule has 0 saturated heterocycles. The van der Waals surface area contributed by atoms with Crippen molar-refractivity contribution in [3.05, 3.63) is 0 Å². The van der Waals surface area contributed by atoms with E-state index in [1.54, 1.807) is 0 Å². The second-order valence-electron chi connectivity index (χ2n) is 3.93. The molecule has 0 radical (unpaired) electrons. The first-order valence-corrected chi connectivity index (χ1v) is 4.84. The van der Waals surface area contributed by atoms with Crippen LogP contribution in [-0.2, 0) is 9.59 Å². The third kappa shape index (κ3) is 1.19. The molecule has 66 valence electrons. The summed E-state index contributed by atoms with van der Waals surface area (Å²) < 4.78 is 0. The van der Waals surface area contributed by atoms with Crippen LogP contribution in [0.5, 0.6) is 0 Å². The lowest BCUT2D eigenvalue weighted by Crippen LogP contribution is -2.37. The molecule has 2 nitrogen and oxygen atoms in total. The fraction of sp³-hybridized carbons (Fsp3) is 0.800. The summed E-state index contributed by atoms with van der Waals surface area (Å²) in [5.41, 5.74) is 0. The van der Waals surface area contributed by atoms with Gasteiger partial charge in [0.2, 0.25) is 0 Å². The van der Waals surface area contributed by atoms with Crippen LogP contribution in [0.25, 0.3) is 0 Å². The first-order chi connectivity index (χ1) is 5.79. The molecular weight excluding hydrogens is 152 g/mol. The Labute approximate surface area is 72.3 Å². The Bertz CT molecular complexity index is 196. The molecular formula is C10H14O2. The van der Waals surface area contributed by atoms with Crippen LogP contribution in [0.15, 0.2) is 0 Å². The van der Waals surface area contributed by atoms with Crippen molar-refractivity contribution in [2.24, 2.45) is 11.8 Å². The summed E-state index contributed by atoms with van der Waals surface area (Å²) in [7, 11) is 0. The lowest BCUT2D eigenvalue weighted by atomic mass is 9.69. The standard InChI is InChI=1S/C10H14O2/c11-9-5-6-10(12)8-4-2-1-3-7(8)9/h7-8H,1-6H2/t7-,8-/m1/s1. The van der Waals surface area contributed by atoms with Gasteiger partial charge in [-0.05, 0) is 12.8 Å². The molecule has 2 saturated carbocycles. The van der Waals surface area contributed by atoms with E-state index in [0.717, 1.165) is 25.7 Å². The first kappa shape index (κ1) is 7.96. The van der Waals surface area contributed by atoms with E-state index in [0.29, 0.717) is 24.4 Å². The third-order valence-corrected chi connectivity index (χ3v) is 3.21. The number of rotatable bonds is 0. The third-order valence-electron chi connectivity index (χ3n) is 3.21. The summed E-state index contributed by atoms with van der Waals surface area (Å²) in [5.74, 6) is 0.915. The molecule has 0 aromatic heterocycles. The highest BCUT2D eigenvalue weighted by Gasteiger charge is 2.38. The van der Waals surface area contributed by atoms with Gasteiger partial charge in [0.25, 0.3) is 0 Å².